The van der Waals surface area contributed by atoms with Crippen LogP contribution < -0.4 is 20.5 Å². The number of rotatable bonds is 3. The van der Waals surface area contributed by atoms with Crippen molar-refractivity contribution in [2.45, 2.75) is 6.54 Å². The van der Waals surface area contributed by atoms with E-state index in [0.29, 0.717) is 23.7 Å². The maximum absolute atomic E-state index is 11.9. The quantitative estimate of drug-likeness (QED) is 0.879. The van der Waals surface area contributed by atoms with E-state index >= 15 is 0 Å². The van der Waals surface area contributed by atoms with Crippen LogP contribution in [-0.4, -0.2) is 17.7 Å². The van der Waals surface area contributed by atoms with Crippen molar-refractivity contribution in [3.05, 3.63) is 47.7 Å². The van der Waals surface area contributed by atoms with Crippen molar-refractivity contribution >= 4 is 11.7 Å². The maximum Gasteiger partial charge on any atom is 0.253 e. The van der Waals surface area contributed by atoms with Gasteiger partial charge in [0.25, 0.3) is 5.91 Å². The van der Waals surface area contributed by atoms with Gasteiger partial charge in [-0.1, -0.05) is 6.07 Å². The van der Waals surface area contributed by atoms with E-state index in [4.69, 9.17) is 15.2 Å². The van der Waals surface area contributed by atoms with E-state index in [1.165, 1.54) is 6.20 Å². The molecule has 2 aromatic rings. The summed E-state index contributed by atoms with van der Waals surface area (Å²) in [6, 6.07) is 8.79. The molecule has 0 spiro atoms. The summed E-state index contributed by atoms with van der Waals surface area (Å²) in [7, 11) is 0. The number of amides is 1. The molecule has 0 saturated carbocycles. The average molecular weight is 271 g/mol. The van der Waals surface area contributed by atoms with E-state index < -0.39 is 0 Å². The molecule has 1 aromatic heterocycles. The second kappa shape index (κ2) is 5.08. The molecule has 0 aliphatic carbocycles. The summed E-state index contributed by atoms with van der Waals surface area (Å²) in [4.78, 5) is 15.8. The number of pyridine rings is 1. The fraction of sp³-hybridized carbons (Fsp3) is 0.143. The first-order valence-corrected chi connectivity index (χ1v) is 6.10. The first-order chi connectivity index (χ1) is 9.72. The standard InChI is InChI=1S/C14H13N3O3/c15-13-4-2-10(7-16-13)14(18)17-6-9-1-3-11-12(5-9)20-8-19-11/h1-5,7H,6,8H2,(H2,15,16)(H,17,18). The summed E-state index contributed by atoms with van der Waals surface area (Å²) in [5.74, 6) is 1.61. The Kier molecular flexibility index (Phi) is 3.12. The largest absolute Gasteiger partial charge is 0.454 e. The van der Waals surface area contributed by atoms with Crippen LogP contribution in [0.4, 0.5) is 5.82 Å². The number of fused-ring (bicyclic) bond motifs is 1. The third-order valence-corrected chi connectivity index (χ3v) is 2.94. The fourth-order valence-corrected chi connectivity index (χ4v) is 1.87. The van der Waals surface area contributed by atoms with Crippen molar-refractivity contribution in [1.29, 1.82) is 0 Å². The number of carbonyl (C=O) groups excluding carboxylic acids is 1. The molecular weight excluding hydrogens is 258 g/mol. The number of anilines is 1. The highest BCUT2D eigenvalue weighted by atomic mass is 16.7. The van der Waals surface area contributed by atoms with Gasteiger partial charge in [-0.25, -0.2) is 4.98 Å². The van der Waals surface area contributed by atoms with Crippen LogP contribution in [0, 0.1) is 0 Å². The molecule has 102 valence electrons. The molecule has 1 amide bonds. The Labute approximate surface area is 115 Å². The van der Waals surface area contributed by atoms with Crippen LogP contribution in [0.25, 0.3) is 0 Å². The Morgan fingerprint density at radius 3 is 2.90 bits per heavy atom. The van der Waals surface area contributed by atoms with Crippen molar-refractivity contribution in [1.82, 2.24) is 10.3 Å². The number of nitrogens with zero attached hydrogens (tertiary/aromatic N) is 1. The molecule has 3 N–H and O–H groups in total. The monoisotopic (exact) mass is 271 g/mol. The molecule has 6 heteroatoms. The molecule has 0 fully saturated rings. The van der Waals surface area contributed by atoms with E-state index in [-0.39, 0.29) is 12.7 Å². The minimum Gasteiger partial charge on any atom is -0.454 e. The number of nitrogens with one attached hydrogen (secondary N) is 1. The van der Waals surface area contributed by atoms with Gasteiger partial charge in [0.2, 0.25) is 6.79 Å². The molecule has 1 aliphatic heterocycles. The molecule has 0 unspecified atom stereocenters. The average Bonchev–Trinajstić information content (AvgIpc) is 2.93. The van der Waals surface area contributed by atoms with Gasteiger partial charge in [0.05, 0.1) is 5.56 Å². The van der Waals surface area contributed by atoms with E-state index in [2.05, 4.69) is 10.3 Å². The first kappa shape index (κ1) is 12.3. The molecule has 3 rings (SSSR count). The number of ether oxygens (including phenoxy) is 2. The van der Waals surface area contributed by atoms with Crippen LogP contribution in [0.3, 0.4) is 0 Å². The van der Waals surface area contributed by atoms with Gasteiger partial charge in [-0.15, -0.1) is 0 Å². The molecule has 0 bridgehead atoms. The van der Waals surface area contributed by atoms with Gasteiger partial charge in [-0.05, 0) is 29.8 Å². The van der Waals surface area contributed by atoms with Crippen LogP contribution >= 0.6 is 0 Å². The van der Waals surface area contributed by atoms with Crippen LogP contribution in [0.15, 0.2) is 36.5 Å². The fourth-order valence-electron chi connectivity index (χ4n) is 1.87. The number of benzene rings is 1. The zero-order valence-electron chi connectivity index (χ0n) is 10.6. The summed E-state index contributed by atoms with van der Waals surface area (Å²) < 4.78 is 10.5. The molecule has 1 aliphatic rings. The van der Waals surface area contributed by atoms with Crippen molar-refractivity contribution in [2.24, 2.45) is 0 Å². The molecule has 1 aromatic carbocycles. The lowest BCUT2D eigenvalue weighted by Gasteiger charge is -2.06. The van der Waals surface area contributed by atoms with Crippen LogP contribution in [0.5, 0.6) is 11.5 Å². The molecule has 0 saturated heterocycles. The van der Waals surface area contributed by atoms with Crippen molar-refractivity contribution in [3.63, 3.8) is 0 Å². The third kappa shape index (κ3) is 2.49. The minimum absolute atomic E-state index is 0.199. The van der Waals surface area contributed by atoms with Gasteiger partial charge in [-0.2, -0.15) is 0 Å². The van der Waals surface area contributed by atoms with E-state index in [1.54, 1.807) is 12.1 Å². The lowest BCUT2D eigenvalue weighted by Crippen LogP contribution is -2.22. The summed E-state index contributed by atoms with van der Waals surface area (Å²) in [5.41, 5.74) is 6.88. The summed E-state index contributed by atoms with van der Waals surface area (Å²) in [5, 5.41) is 2.81. The summed E-state index contributed by atoms with van der Waals surface area (Å²) >= 11 is 0. The Morgan fingerprint density at radius 1 is 1.25 bits per heavy atom. The zero-order valence-corrected chi connectivity index (χ0v) is 10.6. The topological polar surface area (TPSA) is 86.5 Å². The molecule has 2 heterocycles. The van der Waals surface area contributed by atoms with Gasteiger partial charge in [0.1, 0.15) is 5.82 Å². The van der Waals surface area contributed by atoms with Crippen molar-refractivity contribution in [2.75, 3.05) is 12.5 Å². The summed E-state index contributed by atoms with van der Waals surface area (Å²) in [6.07, 6.45) is 1.45. The lowest BCUT2D eigenvalue weighted by molar-refractivity contribution is 0.0950. The number of aromatic nitrogens is 1. The van der Waals surface area contributed by atoms with E-state index in [1.807, 2.05) is 18.2 Å². The molecule has 0 radical (unpaired) electrons. The Bertz CT molecular complexity index is 641. The van der Waals surface area contributed by atoms with Crippen LogP contribution in [0.1, 0.15) is 15.9 Å². The van der Waals surface area contributed by atoms with E-state index in [9.17, 15) is 4.79 Å². The molecule has 20 heavy (non-hydrogen) atoms. The number of hydrogen-bond acceptors (Lipinski definition) is 5. The van der Waals surface area contributed by atoms with Gasteiger partial charge in [0.15, 0.2) is 11.5 Å². The molecule has 6 nitrogen and oxygen atoms in total. The lowest BCUT2D eigenvalue weighted by atomic mass is 10.2. The Hall–Kier alpha value is -2.76. The number of carbonyl (C=O) groups is 1. The predicted molar refractivity (Wildman–Crippen MR) is 72.4 cm³/mol. The van der Waals surface area contributed by atoms with Gasteiger partial charge in [-0.3, -0.25) is 4.79 Å². The van der Waals surface area contributed by atoms with Gasteiger partial charge < -0.3 is 20.5 Å². The van der Waals surface area contributed by atoms with Crippen molar-refractivity contribution in [3.8, 4) is 11.5 Å². The van der Waals surface area contributed by atoms with Gasteiger partial charge in [0, 0.05) is 12.7 Å². The smallest absolute Gasteiger partial charge is 0.253 e. The molecule has 0 atom stereocenters. The van der Waals surface area contributed by atoms with Crippen LogP contribution in [0.2, 0.25) is 0 Å². The first-order valence-electron chi connectivity index (χ1n) is 6.10. The van der Waals surface area contributed by atoms with Gasteiger partial charge >= 0.3 is 0 Å². The zero-order chi connectivity index (χ0) is 13.9. The number of nitrogens with two attached hydrogens (primary N) is 1. The number of nitrogen functional groups attached to an aromatic ring is 1. The second-order valence-corrected chi connectivity index (χ2v) is 4.34. The SMILES string of the molecule is Nc1ccc(C(=O)NCc2ccc3c(c2)OCO3)cn1. The highest BCUT2D eigenvalue weighted by Crippen LogP contribution is 2.32. The van der Waals surface area contributed by atoms with Crippen molar-refractivity contribution < 1.29 is 14.3 Å². The second-order valence-electron chi connectivity index (χ2n) is 4.34. The van der Waals surface area contributed by atoms with Crippen LogP contribution in [-0.2, 0) is 6.54 Å². The van der Waals surface area contributed by atoms with E-state index in [0.717, 1.165) is 11.3 Å². The maximum atomic E-state index is 11.9. The highest BCUT2D eigenvalue weighted by molar-refractivity contribution is 5.93. The third-order valence-electron chi connectivity index (χ3n) is 2.94. The normalized spacial score (nSPS) is 12.2. The minimum atomic E-state index is -0.199. The number of hydrogen-bond donors (Lipinski definition) is 2. The summed E-state index contributed by atoms with van der Waals surface area (Å²) in [6.45, 7) is 0.641. The predicted octanol–water partition coefficient (Wildman–Crippen LogP) is 1.32. The molecular formula is C14H13N3O3. The Balaban J connectivity index is 1.64. The highest BCUT2D eigenvalue weighted by Gasteiger charge is 2.13. The Morgan fingerprint density at radius 2 is 2.10 bits per heavy atom.